The molecule has 3 rings (SSSR count). The van der Waals surface area contributed by atoms with Gasteiger partial charge in [-0.3, -0.25) is 4.79 Å². The molecule has 0 bridgehead atoms. The van der Waals surface area contributed by atoms with Gasteiger partial charge in [-0.25, -0.2) is 4.98 Å². The second-order valence-electron chi connectivity index (χ2n) is 6.12. The first-order valence-corrected chi connectivity index (χ1v) is 9.04. The van der Waals surface area contributed by atoms with Gasteiger partial charge in [0.15, 0.2) is 5.13 Å². The number of anilines is 1. The lowest BCUT2D eigenvalue weighted by molar-refractivity contribution is -0.116. The maximum atomic E-state index is 12.0. The molecular formula is C19H21N3OS. The molecule has 2 heterocycles. The van der Waals surface area contributed by atoms with Crippen molar-refractivity contribution in [2.45, 2.75) is 32.7 Å². The molecule has 0 aliphatic carbocycles. The van der Waals surface area contributed by atoms with E-state index < -0.39 is 0 Å². The molecule has 1 aliphatic rings. The maximum Gasteiger partial charge on any atom is 0.296 e. The van der Waals surface area contributed by atoms with Gasteiger partial charge in [0.25, 0.3) is 5.91 Å². The summed E-state index contributed by atoms with van der Waals surface area (Å²) in [4.78, 5) is 18.8. The topological polar surface area (TPSA) is 45.2 Å². The number of aromatic nitrogens is 1. The van der Waals surface area contributed by atoms with Crippen LogP contribution in [-0.4, -0.2) is 30.0 Å². The fraction of sp³-hybridized carbons (Fsp3) is 0.368. The van der Waals surface area contributed by atoms with Gasteiger partial charge in [-0.1, -0.05) is 23.6 Å². The molecule has 1 N–H and O–H groups in total. The average molecular weight is 339 g/mol. The number of nitrogens with zero attached hydrogens (tertiary/aromatic N) is 2. The van der Waals surface area contributed by atoms with Gasteiger partial charge < -0.3 is 10.2 Å². The molecular weight excluding hydrogens is 318 g/mol. The van der Waals surface area contributed by atoms with Gasteiger partial charge >= 0.3 is 0 Å². The predicted octanol–water partition coefficient (Wildman–Crippen LogP) is 2.90. The van der Waals surface area contributed by atoms with E-state index in [0.717, 1.165) is 42.3 Å². The van der Waals surface area contributed by atoms with E-state index in [4.69, 9.17) is 0 Å². The molecule has 0 atom stereocenters. The SMILES string of the molecule is Cc1ccc(C#CC(=O)NC2CCN(c3nc(C)cs3)CC2)cc1. The third-order valence-corrected chi connectivity index (χ3v) is 5.10. The van der Waals surface area contributed by atoms with Crippen LogP contribution in [-0.2, 0) is 4.79 Å². The van der Waals surface area contributed by atoms with Crippen molar-refractivity contribution < 1.29 is 4.79 Å². The average Bonchev–Trinajstić information content (AvgIpc) is 3.01. The molecule has 1 saturated heterocycles. The van der Waals surface area contributed by atoms with E-state index in [2.05, 4.69) is 32.4 Å². The number of nitrogens with one attached hydrogen (secondary N) is 1. The molecule has 0 radical (unpaired) electrons. The molecule has 4 nitrogen and oxygen atoms in total. The summed E-state index contributed by atoms with van der Waals surface area (Å²) in [6.07, 6.45) is 1.85. The van der Waals surface area contributed by atoms with Gasteiger partial charge in [0, 0.05) is 36.0 Å². The first-order valence-electron chi connectivity index (χ1n) is 8.16. The van der Waals surface area contributed by atoms with E-state index in [-0.39, 0.29) is 11.9 Å². The molecule has 124 valence electrons. The van der Waals surface area contributed by atoms with Crippen molar-refractivity contribution >= 4 is 22.4 Å². The van der Waals surface area contributed by atoms with E-state index >= 15 is 0 Å². The Labute approximate surface area is 146 Å². The number of piperidine rings is 1. The van der Waals surface area contributed by atoms with E-state index in [1.807, 2.05) is 38.1 Å². The molecule has 1 aromatic carbocycles. The van der Waals surface area contributed by atoms with E-state index in [1.54, 1.807) is 11.3 Å². The van der Waals surface area contributed by atoms with E-state index in [0.29, 0.717) is 0 Å². The zero-order chi connectivity index (χ0) is 16.9. The molecule has 0 unspecified atom stereocenters. The standard InChI is InChI=1S/C19H21N3OS/c1-14-3-5-16(6-4-14)7-8-18(23)21-17-9-11-22(12-10-17)19-20-15(2)13-24-19/h3-6,13,17H,9-12H2,1-2H3,(H,21,23). The third-order valence-electron chi connectivity index (χ3n) is 4.08. The number of hydrogen-bond donors (Lipinski definition) is 1. The first-order chi connectivity index (χ1) is 11.6. The number of amides is 1. The summed E-state index contributed by atoms with van der Waals surface area (Å²) in [7, 11) is 0. The van der Waals surface area contributed by atoms with Gasteiger partial charge in [0.1, 0.15) is 0 Å². The van der Waals surface area contributed by atoms with Crippen molar-refractivity contribution in [2.75, 3.05) is 18.0 Å². The van der Waals surface area contributed by atoms with Crippen LogP contribution in [0.5, 0.6) is 0 Å². The van der Waals surface area contributed by atoms with Crippen LogP contribution in [0, 0.1) is 25.7 Å². The fourth-order valence-electron chi connectivity index (χ4n) is 2.69. The molecule has 1 fully saturated rings. The van der Waals surface area contributed by atoms with Gasteiger partial charge in [-0.05, 0) is 38.8 Å². The van der Waals surface area contributed by atoms with Crippen molar-refractivity contribution in [1.82, 2.24) is 10.3 Å². The van der Waals surface area contributed by atoms with Crippen LogP contribution < -0.4 is 10.2 Å². The second-order valence-corrected chi connectivity index (χ2v) is 6.96. The fourth-order valence-corrected chi connectivity index (χ4v) is 3.55. The Bertz CT molecular complexity index is 762. The zero-order valence-electron chi connectivity index (χ0n) is 14.0. The Morgan fingerprint density at radius 2 is 1.96 bits per heavy atom. The molecule has 0 spiro atoms. The summed E-state index contributed by atoms with van der Waals surface area (Å²) in [5.74, 6) is 5.41. The van der Waals surface area contributed by atoms with Gasteiger partial charge in [-0.15, -0.1) is 11.3 Å². The van der Waals surface area contributed by atoms with Crippen molar-refractivity contribution in [1.29, 1.82) is 0 Å². The Kier molecular flexibility index (Phi) is 5.17. The minimum atomic E-state index is -0.195. The van der Waals surface area contributed by atoms with E-state index in [1.165, 1.54) is 5.56 Å². The summed E-state index contributed by atoms with van der Waals surface area (Å²) in [5, 5.41) is 6.17. The summed E-state index contributed by atoms with van der Waals surface area (Å²) < 4.78 is 0. The molecule has 24 heavy (non-hydrogen) atoms. The highest BCUT2D eigenvalue weighted by Gasteiger charge is 2.21. The van der Waals surface area contributed by atoms with Crippen LogP contribution in [0.15, 0.2) is 29.6 Å². The second kappa shape index (κ2) is 7.50. The van der Waals surface area contributed by atoms with Crippen molar-refractivity contribution in [3.05, 3.63) is 46.5 Å². The first kappa shape index (κ1) is 16.5. The predicted molar refractivity (Wildman–Crippen MR) is 98.3 cm³/mol. The number of thiazole rings is 1. The maximum absolute atomic E-state index is 12.0. The molecule has 0 saturated carbocycles. The number of rotatable bonds is 2. The van der Waals surface area contributed by atoms with Crippen LogP contribution in [0.1, 0.15) is 29.7 Å². The molecule has 5 heteroatoms. The highest BCUT2D eigenvalue weighted by molar-refractivity contribution is 7.13. The zero-order valence-corrected chi connectivity index (χ0v) is 14.8. The smallest absolute Gasteiger partial charge is 0.296 e. The Morgan fingerprint density at radius 3 is 2.58 bits per heavy atom. The van der Waals surface area contributed by atoms with Crippen molar-refractivity contribution in [3.8, 4) is 11.8 Å². The number of carbonyl (C=O) groups excluding carboxylic acids is 1. The molecule has 1 amide bonds. The van der Waals surface area contributed by atoms with Gasteiger partial charge in [-0.2, -0.15) is 0 Å². The lowest BCUT2D eigenvalue weighted by atomic mass is 10.1. The van der Waals surface area contributed by atoms with Crippen LogP contribution in [0.4, 0.5) is 5.13 Å². The summed E-state index contributed by atoms with van der Waals surface area (Å²) in [6, 6.07) is 8.06. The quantitative estimate of drug-likeness (QED) is 0.856. The number of hydrogen-bond acceptors (Lipinski definition) is 4. The summed E-state index contributed by atoms with van der Waals surface area (Å²) in [6.45, 7) is 5.88. The Balaban J connectivity index is 1.49. The number of carbonyl (C=O) groups is 1. The van der Waals surface area contributed by atoms with Crippen molar-refractivity contribution in [2.24, 2.45) is 0 Å². The molecule has 1 aliphatic heterocycles. The minimum Gasteiger partial charge on any atom is -0.348 e. The highest BCUT2D eigenvalue weighted by Crippen LogP contribution is 2.23. The monoisotopic (exact) mass is 339 g/mol. The number of aryl methyl sites for hydroxylation is 2. The lowest BCUT2D eigenvalue weighted by Crippen LogP contribution is -2.44. The van der Waals surface area contributed by atoms with Crippen LogP contribution in [0.25, 0.3) is 0 Å². The Morgan fingerprint density at radius 1 is 1.25 bits per heavy atom. The van der Waals surface area contributed by atoms with Gasteiger partial charge in [0.05, 0.1) is 5.69 Å². The highest BCUT2D eigenvalue weighted by atomic mass is 32.1. The van der Waals surface area contributed by atoms with Crippen LogP contribution >= 0.6 is 11.3 Å². The lowest BCUT2D eigenvalue weighted by Gasteiger charge is -2.31. The summed E-state index contributed by atoms with van der Waals surface area (Å²) >= 11 is 1.68. The van der Waals surface area contributed by atoms with Gasteiger partial charge in [0.2, 0.25) is 0 Å². The summed E-state index contributed by atoms with van der Waals surface area (Å²) in [5.41, 5.74) is 3.12. The largest absolute Gasteiger partial charge is 0.348 e. The molecule has 2 aromatic rings. The van der Waals surface area contributed by atoms with Crippen LogP contribution in [0.3, 0.4) is 0 Å². The number of benzene rings is 1. The molecule has 1 aromatic heterocycles. The Hall–Kier alpha value is -2.32. The van der Waals surface area contributed by atoms with Crippen LogP contribution in [0.2, 0.25) is 0 Å². The van der Waals surface area contributed by atoms with E-state index in [9.17, 15) is 4.79 Å². The normalized spacial score (nSPS) is 14.8. The third kappa shape index (κ3) is 4.36. The van der Waals surface area contributed by atoms with Crippen molar-refractivity contribution in [3.63, 3.8) is 0 Å². The minimum absolute atomic E-state index is 0.195.